The van der Waals surface area contributed by atoms with Crippen LogP contribution < -0.4 is 10.5 Å². The second-order valence-electron chi connectivity index (χ2n) is 6.34. The van der Waals surface area contributed by atoms with Crippen LogP contribution in [0.1, 0.15) is 36.4 Å². The van der Waals surface area contributed by atoms with Gasteiger partial charge in [-0.3, -0.25) is 0 Å². The Morgan fingerprint density at radius 1 is 1.48 bits per heavy atom. The smallest absolute Gasteiger partial charge is 0.121 e. The largest absolute Gasteiger partial charge is 0.496 e. The van der Waals surface area contributed by atoms with Gasteiger partial charge in [0.2, 0.25) is 0 Å². The molecule has 1 aromatic carbocycles. The summed E-state index contributed by atoms with van der Waals surface area (Å²) >= 11 is 2.01. The van der Waals surface area contributed by atoms with Gasteiger partial charge in [-0.1, -0.05) is 12.1 Å². The van der Waals surface area contributed by atoms with Crippen LogP contribution in [0.15, 0.2) is 18.2 Å². The zero-order chi connectivity index (χ0) is 14.9. The zero-order valence-corrected chi connectivity index (χ0v) is 13.7. The van der Waals surface area contributed by atoms with Crippen LogP contribution in [0.25, 0.3) is 0 Å². The highest BCUT2D eigenvalue weighted by molar-refractivity contribution is 7.99. The molecule has 2 heterocycles. The van der Waals surface area contributed by atoms with Gasteiger partial charge in [-0.25, -0.2) is 0 Å². The number of rotatable bonds is 3. The Morgan fingerprint density at radius 3 is 3.00 bits per heavy atom. The van der Waals surface area contributed by atoms with Crippen LogP contribution in [0.2, 0.25) is 0 Å². The van der Waals surface area contributed by atoms with Crippen molar-refractivity contribution in [3.05, 3.63) is 29.3 Å². The Kier molecular flexibility index (Phi) is 4.48. The van der Waals surface area contributed by atoms with Gasteiger partial charge in [0.1, 0.15) is 5.75 Å². The van der Waals surface area contributed by atoms with Crippen LogP contribution in [0.3, 0.4) is 0 Å². The molecular formula is C17H25NO2S. The minimum absolute atomic E-state index is 0.0981. The fraction of sp³-hybridized carbons (Fsp3) is 0.647. The van der Waals surface area contributed by atoms with Crippen LogP contribution in [0.5, 0.6) is 5.75 Å². The van der Waals surface area contributed by atoms with Crippen molar-refractivity contribution < 1.29 is 9.47 Å². The van der Waals surface area contributed by atoms with Gasteiger partial charge in [-0.15, -0.1) is 0 Å². The number of aryl methyl sites for hydroxylation is 1. The molecule has 2 saturated heterocycles. The van der Waals surface area contributed by atoms with Crippen molar-refractivity contribution in [2.24, 2.45) is 11.7 Å². The van der Waals surface area contributed by atoms with E-state index in [9.17, 15) is 0 Å². The van der Waals surface area contributed by atoms with Gasteiger partial charge in [0, 0.05) is 18.4 Å². The lowest BCUT2D eigenvalue weighted by Crippen LogP contribution is -2.42. The van der Waals surface area contributed by atoms with Gasteiger partial charge in [0.15, 0.2) is 0 Å². The molecule has 116 valence electrons. The average Bonchev–Trinajstić information content (AvgIpc) is 2.94. The lowest BCUT2D eigenvalue weighted by atomic mass is 9.79. The normalized spacial score (nSPS) is 30.5. The van der Waals surface area contributed by atoms with Crippen LogP contribution in [-0.4, -0.2) is 30.8 Å². The quantitative estimate of drug-likeness (QED) is 0.930. The van der Waals surface area contributed by atoms with E-state index in [4.69, 9.17) is 15.2 Å². The third-order valence-electron chi connectivity index (χ3n) is 4.91. The standard InChI is InChI=1S/C17H25NO2S/c1-12-9-13(3-4-15(12)19-2)16(18)14-5-7-20-17(10-14)6-8-21-11-17/h3-4,9,14,16H,5-8,10-11,18H2,1-2H3. The van der Waals surface area contributed by atoms with Crippen molar-refractivity contribution in [2.75, 3.05) is 25.2 Å². The first-order valence-corrected chi connectivity index (χ1v) is 8.91. The molecule has 3 atom stereocenters. The second-order valence-corrected chi connectivity index (χ2v) is 7.45. The van der Waals surface area contributed by atoms with E-state index in [1.165, 1.54) is 17.7 Å². The van der Waals surface area contributed by atoms with Crippen LogP contribution in [-0.2, 0) is 4.74 Å². The molecule has 0 aliphatic carbocycles. The molecule has 0 bridgehead atoms. The van der Waals surface area contributed by atoms with Gasteiger partial charge in [0.25, 0.3) is 0 Å². The van der Waals surface area contributed by atoms with Crippen molar-refractivity contribution in [1.29, 1.82) is 0 Å². The Bertz CT molecular complexity index is 500. The molecule has 3 nitrogen and oxygen atoms in total. The summed E-state index contributed by atoms with van der Waals surface area (Å²) in [6, 6.07) is 6.42. The van der Waals surface area contributed by atoms with E-state index in [1.54, 1.807) is 7.11 Å². The van der Waals surface area contributed by atoms with Gasteiger partial charge in [0.05, 0.1) is 12.7 Å². The summed E-state index contributed by atoms with van der Waals surface area (Å²) in [6.07, 6.45) is 3.35. The van der Waals surface area contributed by atoms with Gasteiger partial charge in [-0.2, -0.15) is 11.8 Å². The third kappa shape index (κ3) is 3.08. The van der Waals surface area contributed by atoms with E-state index in [2.05, 4.69) is 19.1 Å². The molecule has 1 aromatic rings. The average molecular weight is 307 g/mol. The number of nitrogens with two attached hydrogens (primary N) is 1. The van der Waals surface area contributed by atoms with Gasteiger partial charge >= 0.3 is 0 Å². The summed E-state index contributed by atoms with van der Waals surface area (Å²) in [7, 11) is 1.71. The first kappa shape index (κ1) is 15.2. The maximum atomic E-state index is 6.58. The molecule has 0 radical (unpaired) electrons. The van der Waals surface area contributed by atoms with Crippen molar-refractivity contribution in [3.63, 3.8) is 0 Å². The Morgan fingerprint density at radius 2 is 2.33 bits per heavy atom. The Balaban J connectivity index is 1.75. The van der Waals surface area contributed by atoms with Crippen molar-refractivity contribution in [1.82, 2.24) is 0 Å². The van der Waals surface area contributed by atoms with Crippen molar-refractivity contribution >= 4 is 11.8 Å². The summed E-state index contributed by atoms with van der Waals surface area (Å²) in [5.41, 5.74) is 9.06. The van der Waals surface area contributed by atoms with E-state index in [0.29, 0.717) is 5.92 Å². The highest BCUT2D eigenvalue weighted by atomic mass is 32.2. The molecule has 3 unspecified atom stereocenters. The molecule has 2 N–H and O–H groups in total. The summed E-state index contributed by atoms with van der Waals surface area (Å²) < 4.78 is 11.4. The highest BCUT2D eigenvalue weighted by Crippen LogP contribution is 2.43. The number of ether oxygens (including phenoxy) is 2. The predicted molar refractivity (Wildman–Crippen MR) is 88.0 cm³/mol. The fourth-order valence-corrected chi connectivity index (χ4v) is 4.99. The van der Waals surface area contributed by atoms with Crippen molar-refractivity contribution in [2.45, 2.75) is 37.8 Å². The number of methoxy groups -OCH3 is 1. The molecular weight excluding hydrogens is 282 g/mol. The van der Waals surface area contributed by atoms with Crippen molar-refractivity contribution in [3.8, 4) is 5.75 Å². The molecule has 4 heteroatoms. The first-order chi connectivity index (χ1) is 10.1. The van der Waals surface area contributed by atoms with E-state index >= 15 is 0 Å². The number of hydrogen-bond acceptors (Lipinski definition) is 4. The van der Waals surface area contributed by atoms with E-state index in [0.717, 1.165) is 36.5 Å². The van der Waals surface area contributed by atoms with Gasteiger partial charge in [-0.05, 0) is 55.1 Å². The van der Waals surface area contributed by atoms with E-state index in [-0.39, 0.29) is 11.6 Å². The van der Waals surface area contributed by atoms with Crippen LogP contribution >= 0.6 is 11.8 Å². The molecule has 2 fully saturated rings. The van der Waals surface area contributed by atoms with Crippen LogP contribution in [0.4, 0.5) is 0 Å². The SMILES string of the molecule is COc1ccc(C(N)C2CCOC3(CCSC3)C2)cc1C. The van der Waals surface area contributed by atoms with Gasteiger partial charge < -0.3 is 15.2 Å². The summed E-state index contributed by atoms with van der Waals surface area (Å²) in [5, 5.41) is 0. The monoisotopic (exact) mass is 307 g/mol. The van der Waals surface area contributed by atoms with E-state index in [1.807, 2.05) is 17.8 Å². The van der Waals surface area contributed by atoms with Crippen LogP contribution in [0, 0.1) is 12.8 Å². The second kappa shape index (κ2) is 6.19. The zero-order valence-electron chi connectivity index (χ0n) is 12.9. The first-order valence-electron chi connectivity index (χ1n) is 7.75. The molecule has 0 aromatic heterocycles. The number of hydrogen-bond donors (Lipinski definition) is 1. The Hall–Kier alpha value is -0.710. The third-order valence-corrected chi connectivity index (χ3v) is 6.13. The Labute approximate surface area is 131 Å². The lowest BCUT2D eigenvalue weighted by Gasteiger charge is -2.40. The molecule has 1 spiro atoms. The molecule has 2 aliphatic heterocycles. The fourth-order valence-electron chi connectivity index (χ4n) is 3.62. The molecule has 3 rings (SSSR count). The maximum Gasteiger partial charge on any atom is 0.121 e. The minimum atomic E-state index is 0.0981. The minimum Gasteiger partial charge on any atom is -0.496 e. The molecule has 21 heavy (non-hydrogen) atoms. The van der Waals surface area contributed by atoms with E-state index < -0.39 is 0 Å². The lowest BCUT2D eigenvalue weighted by molar-refractivity contribution is -0.0834. The topological polar surface area (TPSA) is 44.5 Å². The highest BCUT2D eigenvalue weighted by Gasteiger charge is 2.42. The summed E-state index contributed by atoms with van der Waals surface area (Å²) in [6.45, 7) is 2.93. The molecule has 2 aliphatic rings. The number of thioether (sulfide) groups is 1. The molecule has 0 amide bonds. The molecule has 0 saturated carbocycles. The maximum absolute atomic E-state index is 6.58. The summed E-state index contributed by atoms with van der Waals surface area (Å²) in [5.74, 6) is 3.81. The predicted octanol–water partition coefficient (Wildman–Crippen LogP) is 3.31. The summed E-state index contributed by atoms with van der Waals surface area (Å²) in [4.78, 5) is 0. The number of benzene rings is 1.